The van der Waals surface area contributed by atoms with Gasteiger partial charge in [0.1, 0.15) is 6.04 Å². The number of carbonyl (C=O) groups excluding carboxylic acids is 2. The van der Waals surface area contributed by atoms with E-state index in [1.165, 1.54) is 6.92 Å². The van der Waals surface area contributed by atoms with Crippen molar-refractivity contribution in [2.24, 2.45) is 0 Å². The van der Waals surface area contributed by atoms with Crippen molar-refractivity contribution in [1.82, 2.24) is 5.32 Å². The van der Waals surface area contributed by atoms with Crippen LogP contribution in [0.1, 0.15) is 19.8 Å². The molecule has 2 atom stereocenters. The van der Waals surface area contributed by atoms with Gasteiger partial charge in [-0.2, -0.15) is 0 Å². The molecular formula is C8H13NO4. The second kappa shape index (κ2) is 4.34. The number of Topliss-reactive ketones (excluding diaryl/α,β-unsaturated/α-hetero) is 1. The molecule has 1 unspecified atom stereocenters. The van der Waals surface area contributed by atoms with Crippen LogP contribution in [0.25, 0.3) is 0 Å². The number of aliphatic hydroxyl groups is 1. The molecule has 0 aromatic heterocycles. The van der Waals surface area contributed by atoms with Crippen LogP contribution in [0.2, 0.25) is 0 Å². The van der Waals surface area contributed by atoms with E-state index in [0.29, 0.717) is 6.42 Å². The first-order chi connectivity index (χ1) is 6.11. The summed E-state index contributed by atoms with van der Waals surface area (Å²) in [7, 11) is 0. The molecule has 1 aliphatic rings. The first kappa shape index (κ1) is 10.1. The standard InChI is InChI=1S/C8H13NO4/c1-5(10)7(11)13-8(12)6-3-2-4-9-6/h6-7,9,11H,2-4H2,1H3/t6-,7?/m0/s1. The third-order valence-corrected chi connectivity index (χ3v) is 1.92. The van der Waals surface area contributed by atoms with Crippen molar-refractivity contribution in [3.8, 4) is 0 Å². The molecule has 0 radical (unpaired) electrons. The van der Waals surface area contributed by atoms with Gasteiger partial charge in [0, 0.05) is 6.92 Å². The Morgan fingerprint density at radius 1 is 1.62 bits per heavy atom. The Kier molecular flexibility index (Phi) is 3.39. The summed E-state index contributed by atoms with van der Waals surface area (Å²) in [5.74, 6) is -1.12. The summed E-state index contributed by atoms with van der Waals surface area (Å²) in [4.78, 5) is 21.7. The van der Waals surface area contributed by atoms with E-state index in [4.69, 9.17) is 5.11 Å². The van der Waals surface area contributed by atoms with Crippen LogP contribution < -0.4 is 5.32 Å². The highest BCUT2D eigenvalue weighted by Crippen LogP contribution is 2.07. The summed E-state index contributed by atoms with van der Waals surface area (Å²) < 4.78 is 4.50. The molecule has 1 fully saturated rings. The highest BCUT2D eigenvalue weighted by atomic mass is 16.6. The summed E-state index contributed by atoms with van der Waals surface area (Å²) in [6.45, 7) is 1.94. The third kappa shape index (κ3) is 2.78. The largest absolute Gasteiger partial charge is 0.427 e. The fourth-order valence-corrected chi connectivity index (χ4v) is 1.16. The van der Waals surface area contributed by atoms with Gasteiger partial charge in [0.15, 0.2) is 5.78 Å². The Labute approximate surface area is 76.1 Å². The molecule has 5 nitrogen and oxygen atoms in total. The minimum Gasteiger partial charge on any atom is -0.427 e. The van der Waals surface area contributed by atoms with Gasteiger partial charge in [-0.05, 0) is 19.4 Å². The fraction of sp³-hybridized carbons (Fsp3) is 0.750. The number of ether oxygens (including phenoxy) is 1. The number of rotatable bonds is 3. The second-order valence-electron chi connectivity index (χ2n) is 3.05. The van der Waals surface area contributed by atoms with Gasteiger partial charge in [0.25, 0.3) is 6.29 Å². The zero-order valence-corrected chi connectivity index (χ0v) is 7.45. The Morgan fingerprint density at radius 2 is 2.31 bits per heavy atom. The molecule has 0 aromatic carbocycles. The summed E-state index contributed by atoms with van der Waals surface area (Å²) in [5, 5.41) is 11.8. The van der Waals surface area contributed by atoms with E-state index in [1.54, 1.807) is 0 Å². The van der Waals surface area contributed by atoms with E-state index >= 15 is 0 Å². The van der Waals surface area contributed by atoms with Crippen LogP contribution in [0.4, 0.5) is 0 Å². The first-order valence-corrected chi connectivity index (χ1v) is 4.23. The predicted molar refractivity (Wildman–Crippen MR) is 43.8 cm³/mol. The van der Waals surface area contributed by atoms with Crippen molar-refractivity contribution in [2.75, 3.05) is 6.54 Å². The van der Waals surface area contributed by atoms with Gasteiger partial charge in [-0.15, -0.1) is 0 Å². The molecule has 1 rings (SSSR count). The highest BCUT2D eigenvalue weighted by molar-refractivity contribution is 5.83. The molecule has 1 heterocycles. The van der Waals surface area contributed by atoms with Crippen molar-refractivity contribution in [3.05, 3.63) is 0 Å². The molecule has 2 N–H and O–H groups in total. The molecule has 0 aliphatic carbocycles. The predicted octanol–water partition coefficient (Wildman–Crippen LogP) is -0.811. The Balaban J connectivity index is 2.35. The highest BCUT2D eigenvalue weighted by Gasteiger charge is 2.26. The fourth-order valence-electron chi connectivity index (χ4n) is 1.16. The zero-order chi connectivity index (χ0) is 9.84. The molecule has 0 bridgehead atoms. The van der Waals surface area contributed by atoms with Gasteiger partial charge in [-0.25, -0.2) is 0 Å². The van der Waals surface area contributed by atoms with Gasteiger partial charge in [0.2, 0.25) is 0 Å². The van der Waals surface area contributed by atoms with E-state index in [-0.39, 0.29) is 6.04 Å². The Hall–Kier alpha value is -0.940. The number of hydrogen-bond donors (Lipinski definition) is 2. The van der Waals surface area contributed by atoms with Crippen LogP contribution in [-0.4, -0.2) is 35.7 Å². The van der Waals surface area contributed by atoms with E-state index in [0.717, 1.165) is 13.0 Å². The maximum Gasteiger partial charge on any atom is 0.325 e. The summed E-state index contributed by atoms with van der Waals surface area (Å²) >= 11 is 0. The molecular weight excluding hydrogens is 174 g/mol. The van der Waals surface area contributed by atoms with Crippen molar-refractivity contribution in [1.29, 1.82) is 0 Å². The Bertz CT molecular complexity index is 210. The molecule has 0 amide bonds. The summed E-state index contributed by atoms with van der Waals surface area (Å²) in [5.41, 5.74) is 0. The molecule has 0 aromatic rings. The molecule has 0 saturated carbocycles. The number of ketones is 1. The van der Waals surface area contributed by atoms with Crippen LogP contribution in [0, 0.1) is 0 Å². The quantitative estimate of drug-likeness (QED) is 0.446. The number of esters is 1. The van der Waals surface area contributed by atoms with Gasteiger partial charge >= 0.3 is 5.97 Å². The van der Waals surface area contributed by atoms with Crippen molar-refractivity contribution in [2.45, 2.75) is 32.1 Å². The third-order valence-electron chi connectivity index (χ3n) is 1.92. The van der Waals surface area contributed by atoms with Crippen LogP contribution in [-0.2, 0) is 14.3 Å². The number of nitrogens with one attached hydrogen (secondary N) is 1. The van der Waals surface area contributed by atoms with Gasteiger partial charge in [-0.3, -0.25) is 9.59 Å². The zero-order valence-electron chi connectivity index (χ0n) is 7.45. The van der Waals surface area contributed by atoms with Crippen molar-refractivity contribution in [3.63, 3.8) is 0 Å². The minimum absolute atomic E-state index is 0.367. The van der Waals surface area contributed by atoms with Gasteiger partial charge in [-0.1, -0.05) is 0 Å². The van der Waals surface area contributed by atoms with E-state index in [2.05, 4.69) is 10.1 Å². The maximum absolute atomic E-state index is 11.2. The first-order valence-electron chi connectivity index (χ1n) is 4.23. The van der Waals surface area contributed by atoms with Gasteiger partial charge < -0.3 is 15.2 Å². The molecule has 1 saturated heterocycles. The lowest BCUT2D eigenvalue weighted by Crippen LogP contribution is -2.36. The monoisotopic (exact) mass is 187 g/mol. The van der Waals surface area contributed by atoms with Crippen molar-refractivity contribution >= 4 is 11.8 Å². The minimum atomic E-state index is -1.62. The average molecular weight is 187 g/mol. The molecule has 5 heteroatoms. The molecule has 74 valence electrons. The topological polar surface area (TPSA) is 75.6 Å². The average Bonchev–Trinajstić information content (AvgIpc) is 2.55. The normalized spacial score (nSPS) is 24.0. The van der Waals surface area contributed by atoms with E-state index in [9.17, 15) is 9.59 Å². The van der Waals surface area contributed by atoms with E-state index < -0.39 is 18.0 Å². The van der Waals surface area contributed by atoms with Gasteiger partial charge in [0.05, 0.1) is 0 Å². The second-order valence-corrected chi connectivity index (χ2v) is 3.05. The summed E-state index contributed by atoms with van der Waals surface area (Å²) in [6, 6.07) is -0.367. The van der Waals surface area contributed by atoms with Crippen molar-refractivity contribution < 1.29 is 19.4 Å². The SMILES string of the molecule is CC(=O)C(O)OC(=O)[C@@H]1CCCN1. The number of hydrogen-bond acceptors (Lipinski definition) is 5. The Morgan fingerprint density at radius 3 is 2.77 bits per heavy atom. The lowest BCUT2D eigenvalue weighted by molar-refractivity contribution is -0.175. The van der Waals surface area contributed by atoms with E-state index in [1.807, 2.05) is 0 Å². The van der Waals surface area contributed by atoms with Crippen LogP contribution in [0.15, 0.2) is 0 Å². The smallest absolute Gasteiger partial charge is 0.325 e. The lowest BCUT2D eigenvalue weighted by atomic mass is 10.2. The van der Waals surface area contributed by atoms with Crippen LogP contribution >= 0.6 is 0 Å². The summed E-state index contributed by atoms with van der Waals surface area (Å²) in [6.07, 6.45) is -0.00533. The number of carbonyl (C=O) groups is 2. The number of aliphatic hydroxyl groups excluding tert-OH is 1. The molecule has 0 spiro atoms. The molecule has 1 aliphatic heterocycles. The maximum atomic E-state index is 11.2. The molecule has 13 heavy (non-hydrogen) atoms. The van der Waals surface area contributed by atoms with Crippen LogP contribution in [0.3, 0.4) is 0 Å². The van der Waals surface area contributed by atoms with Crippen LogP contribution in [0.5, 0.6) is 0 Å². The lowest BCUT2D eigenvalue weighted by Gasteiger charge is -2.12.